The largest absolute Gasteiger partial charge is 0.331 e. The molecule has 0 saturated heterocycles. The monoisotopic (exact) mass is 196 g/mol. The number of pyridine rings is 2. The van der Waals surface area contributed by atoms with Gasteiger partial charge in [0.05, 0.1) is 0 Å². The lowest BCUT2D eigenvalue weighted by molar-refractivity contribution is 1.27. The van der Waals surface area contributed by atoms with Gasteiger partial charge in [-0.15, -0.1) is 0 Å². The van der Waals surface area contributed by atoms with Crippen molar-refractivity contribution in [3.05, 3.63) is 34.1 Å². The lowest BCUT2D eigenvalue weighted by Crippen LogP contribution is -1.83. The maximum atomic E-state index is 5.71. The van der Waals surface area contributed by atoms with E-state index in [0.717, 1.165) is 11.0 Å². The van der Waals surface area contributed by atoms with Crippen molar-refractivity contribution in [2.45, 2.75) is 0 Å². The zero-order valence-electron chi connectivity index (χ0n) is 6.04. The summed E-state index contributed by atoms with van der Waals surface area (Å²) in [5, 5.41) is 1.48. The van der Waals surface area contributed by atoms with Gasteiger partial charge in [-0.25, -0.2) is 4.98 Å². The van der Waals surface area contributed by atoms with E-state index in [9.17, 15) is 0 Å². The van der Waals surface area contributed by atoms with E-state index in [-0.39, 0.29) is 0 Å². The van der Waals surface area contributed by atoms with E-state index in [1.165, 1.54) is 0 Å². The van der Waals surface area contributed by atoms with Crippen LogP contribution >= 0.6 is 23.8 Å². The van der Waals surface area contributed by atoms with Crippen LogP contribution in [0.4, 0.5) is 0 Å². The van der Waals surface area contributed by atoms with Crippen LogP contribution in [0.25, 0.3) is 11.0 Å². The summed E-state index contributed by atoms with van der Waals surface area (Å²) >= 11 is 10.6. The fourth-order valence-electron chi connectivity index (χ4n) is 1.00. The van der Waals surface area contributed by atoms with Crippen LogP contribution in [-0.2, 0) is 0 Å². The number of aromatic nitrogens is 2. The van der Waals surface area contributed by atoms with Crippen LogP contribution in [0, 0.1) is 4.64 Å². The molecule has 2 aromatic rings. The van der Waals surface area contributed by atoms with Gasteiger partial charge in [0.1, 0.15) is 15.4 Å². The molecule has 2 aromatic heterocycles. The van der Waals surface area contributed by atoms with Crippen molar-refractivity contribution in [1.82, 2.24) is 9.97 Å². The first kappa shape index (κ1) is 7.71. The summed E-state index contributed by atoms with van der Waals surface area (Å²) in [7, 11) is 0. The smallest absolute Gasteiger partial charge is 0.140 e. The molecule has 0 aliphatic heterocycles. The molecular formula is C8H5ClN2S. The summed E-state index contributed by atoms with van der Waals surface area (Å²) in [4.78, 5) is 7.03. The third-order valence-corrected chi connectivity index (χ3v) is 2.00. The fourth-order valence-corrected chi connectivity index (χ4v) is 1.32. The SMILES string of the molecule is S=c1ccc2ccc(Cl)nc2[nH]1. The van der Waals surface area contributed by atoms with Gasteiger partial charge in [0.25, 0.3) is 0 Å². The molecule has 60 valence electrons. The maximum absolute atomic E-state index is 5.71. The summed E-state index contributed by atoms with van der Waals surface area (Å²) in [5.41, 5.74) is 0.731. The molecule has 0 aliphatic carbocycles. The molecule has 2 rings (SSSR count). The second kappa shape index (κ2) is 2.84. The van der Waals surface area contributed by atoms with Crippen molar-refractivity contribution in [1.29, 1.82) is 0 Å². The first-order chi connectivity index (χ1) is 5.75. The number of nitrogens with zero attached hydrogens (tertiary/aromatic N) is 1. The van der Waals surface area contributed by atoms with Crippen molar-refractivity contribution >= 4 is 34.9 Å². The molecular weight excluding hydrogens is 192 g/mol. The molecule has 0 fully saturated rings. The van der Waals surface area contributed by atoms with Crippen molar-refractivity contribution in [2.24, 2.45) is 0 Å². The zero-order chi connectivity index (χ0) is 8.55. The van der Waals surface area contributed by atoms with E-state index < -0.39 is 0 Å². The number of H-pyrrole nitrogens is 1. The van der Waals surface area contributed by atoms with E-state index in [1.807, 2.05) is 18.2 Å². The molecule has 0 spiro atoms. The van der Waals surface area contributed by atoms with E-state index in [1.54, 1.807) is 6.07 Å². The topological polar surface area (TPSA) is 28.7 Å². The first-order valence-electron chi connectivity index (χ1n) is 3.41. The Bertz CT molecular complexity index is 478. The molecule has 12 heavy (non-hydrogen) atoms. The molecule has 0 atom stereocenters. The van der Waals surface area contributed by atoms with Crippen molar-refractivity contribution in [3.63, 3.8) is 0 Å². The van der Waals surface area contributed by atoms with E-state index in [4.69, 9.17) is 23.8 Å². The molecule has 0 saturated carbocycles. The number of aromatic amines is 1. The molecule has 0 aliphatic rings. The minimum absolute atomic E-state index is 0.472. The Morgan fingerprint density at radius 1 is 1.25 bits per heavy atom. The minimum atomic E-state index is 0.472. The highest BCUT2D eigenvalue weighted by Gasteiger charge is 1.94. The Kier molecular flexibility index (Phi) is 1.83. The summed E-state index contributed by atoms with van der Waals surface area (Å²) in [6.45, 7) is 0. The average Bonchev–Trinajstić information content (AvgIpc) is 2.03. The summed E-state index contributed by atoms with van der Waals surface area (Å²) in [6.07, 6.45) is 0. The number of halogens is 1. The second-order valence-electron chi connectivity index (χ2n) is 2.39. The minimum Gasteiger partial charge on any atom is -0.331 e. The van der Waals surface area contributed by atoms with Crippen molar-refractivity contribution in [3.8, 4) is 0 Å². The standard InChI is InChI=1S/C8H5ClN2S/c9-6-3-1-5-2-4-7(12)11-8(5)10-6/h1-4H,(H,10,11,12). The Balaban J connectivity index is 2.89. The summed E-state index contributed by atoms with van der Waals surface area (Å²) in [5.74, 6) is 0. The maximum Gasteiger partial charge on any atom is 0.140 e. The number of hydrogen-bond acceptors (Lipinski definition) is 2. The molecule has 2 nitrogen and oxygen atoms in total. The third-order valence-electron chi connectivity index (χ3n) is 1.55. The Morgan fingerprint density at radius 2 is 2.00 bits per heavy atom. The van der Waals surface area contributed by atoms with Gasteiger partial charge in [-0.2, -0.15) is 0 Å². The molecule has 1 N–H and O–H groups in total. The summed E-state index contributed by atoms with van der Waals surface area (Å²) < 4.78 is 0.664. The van der Waals surface area contributed by atoms with E-state index in [2.05, 4.69) is 9.97 Å². The first-order valence-corrected chi connectivity index (χ1v) is 4.20. The van der Waals surface area contributed by atoms with Gasteiger partial charge >= 0.3 is 0 Å². The van der Waals surface area contributed by atoms with Gasteiger partial charge in [0.15, 0.2) is 0 Å². The van der Waals surface area contributed by atoms with E-state index >= 15 is 0 Å². The van der Waals surface area contributed by atoms with Gasteiger partial charge in [-0.1, -0.05) is 23.8 Å². The molecule has 4 heteroatoms. The van der Waals surface area contributed by atoms with Gasteiger partial charge < -0.3 is 4.98 Å². The number of nitrogens with one attached hydrogen (secondary N) is 1. The fraction of sp³-hybridized carbons (Fsp3) is 0. The molecule has 0 aromatic carbocycles. The quantitative estimate of drug-likeness (QED) is 0.519. The molecule has 2 heterocycles. The van der Waals surface area contributed by atoms with Crippen molar-refractivity contribution < 1.29 is 0 Å². The third kappa shape index (κ3) is 1.33. The number of fused-ring (bicyclic) bond motifs is 1. The van der Waals surface area contributed by atoms with Crippen LogP contribution in [-0.4, -0.2) is 9.97 Å². The number of rotatable bonds is 0. The highest BCUT2D eigenvalue weighted by atomic mass is 35.5. The van der Waals surface area contributed by atoms with Crippen LogP contribution in [0.15, 0.2) is 24.3 Å². The van der Waals surface area contributed by atoms with Crippen LogP contribution in [0.2, 0.25) is 5.15 Å². The van der Waals surface area contributed by atoms with Gasteiger partial charge in [-0.05, 0) is 24.3 Å². The lowest BCUT2D eigenvalue weighted by Gasteiger charge is -1.95. The Labute approximate surface area is 79.2 Å². The molecule has 0 unspecified atom stereocenters. The van der Waals surface area contributed by atoms with Crippen molar-refractivity contribution in [2.75, 3.05) is 0 Å². The highest BCUT2D eigenvalue weighted by Crippen LogP contribution is 2.12. The van der Waals surface area contributed by atoms with E-state index in [0.29, 0.717) is 9.79 Å². The number of hydrogen-bond donors (Lipinski definition) is 1. The van der Waals surface area contributed by atoms with Gasteiger partial charge in [-0.3, -0.25) is 0 Å². The van der Waals surface area contributed by atoms with Crippen LogP contribution < -0.4 is 0 Å². The second-order valence-corrected chi connectivity index (χ2v) is 3.22. The van der Waals surface area contributed by atoms with Crippen LogP contribution in [0.3, 0.4) is 0 Å². The predicted octanol–water partition coefficient (Wildman–Crippen LogP) is 2.95. The predicted molar refractivity (Wildman–Crippen MR) is 51.9 cm³/mol. The van der Waals surface area contributed by atoms with Gasteiger partial charge in [0, 0.05) is 5.39 Å². The Morgan fingerprint density at radius 3 is 2.83 bits per heavy atom. The molecule has 0 bridgehead atoms. The Hall–Kier alpha value is -0.930. The normalized spacial score (nSPS) is 10.4. The van der Waals surface area contributed by atoms with Crippen LogP contribution in [0.1, 0.15) is 0 Å². The lowest BCUT2D eigenvalue weighted by atomic mass is 10.3. The zero-order valence-corrected chi connectivity index (χ0v) is 7.62. The molecule has 0 radical (unpaired) electrons. The van der Waals surface area contributed by atoms with Gasteiger partial charge in [0.2, 0.25) is 0 Å². The highest BCUT2D eigenvalue weighted by molar-refractivity contribution is 7.71. The molecule has 0 amide bonds. The average molecular weight is 197 g/mol. The summed E-state index contributed by atoms with van der Waals surface area (Å²) in [6, 6.07) is 7.39. The van der Waals surface area contributed by atoms with Crippen LogP contribution in [0.5, 0.6) is 0 Å².